The first-order chi connectivity index (χ1) is 15.5. The molecule has 0 unspecified atom stereocenters. The van der Waals surface area contributed by atoms with Gasteiger partial charge in [-0.15, -0.1) is 11.8 Å². The fourth-order valence-corrected chi connectivity index (χ4v) is 3.90. The number of hydrazone groups is 1. The molecule has 0 bridgehead atoms. The zero-order valence-electron chi connectivity index (χ0n) is 17.6. The summed E-state index contributed by atoms with van der Waals surface area (Å²) in [5, 5.41) is 5.10. The van der Waals surface area contributed by atoms with E-state index in [1.165, 1.54) is 17.3 Å². The number of nitrogens with one attached hydrogen (secondary N) is 1. The van der Waals surface area contributed by atoms with Crippen molar-refractivity contribution in [3.8, 4) is 11.5 Å². The maximum Gasteiger partial charge on any atom is 0.250 e. The van der Waals surface area contributed by atoms with Gasteiger partial charge in [0, 0.05) is 20.5 Å². The summed E-state index contributed by atoms with van der Waals surface area (Å²) in [5.74, 6) is 1.16. The van der Waals surface area contributed by atoms with Gasteiger partial charge in [-0.1, -0.05) is 47.0 Å². The number of benzene rings is 3. The predicted molar refractivity (Wildman–Crippen MR) is 131 cm³/mol. The van der Waals surface area contributed by atoms with Crippen LogP contribution in [0.5, 0.6) is 11.5 Å². The van der Waals surface area contributed by atoms with Gasteiger partial charge in [0.05, 0.1) is 19.1 Å². The highest BCUT2D eigenvalue weighted by atomic mass is 35.5. The molecule has 3 rings (SSSR count). The van der Waals surface area contributed by atoms with Crippen molar-refractivity contribution >= 4 is 47.1 Å². The van der Waals surface area contributed by atoms with Gasteiger partial charge in [0.15, 0.2) is 11.5 Å². The van der Waals surface area contributed by atoms with Crippen LogP contribution >= 0.6 is 35.0 Å². The van der Waals surface area contributed by atoms with Crippen molar-refractivity contribution in [3.05, 3.63) is 87.4 Å². The molecule has 0 spiro atoms. The van der Waals surface area contributed by atoms with E-state index < -0.39 is 0 Å². The Bertz CT molecular complexity index is 1080. The lowest BCUT2D eigenvalue weighted by Crippen LogP contribution is -2.19. The van der Waals surface area contributed by atoms with E-state index in [9.17, 15) is 4.79 Å². The number of amides is 1. The van der Waals surface area contributed by atoms with E-state index in [1.807, 2.05) is 37.3 Å². The Balaban J connectivity index is 1.54. The number of halogens is 2. The van der Waals surface area contributed by atoms with Crippen LogP contribution in [-0.2, 0) is 11.4 Å². The average molecular weight is 489 g/mol. The molecule has 0 aliphatic rings. The monoisotopic (exact) mass is 488 g/mol. The highest BCUT2D eigenvalue weighted by Crippen LogP contribution is 2.31. The number of hydrogen-bond acceptors (Lipinski definition) is 5. The summed E-state index contributed by atoms with van der Waals surface area (Å²) in [6, 6.07) is 18.7. The van der Waals surface area contributed by atoms with E-state index in [0.29, 0.717) is 27.1 Å². The molecule has 0 aromatic heterocycles. The fourth-order valence-electron chi connectivity index (χ4n) is 2.70. The standard InChI is InChI=1S/C24H22Cl2N2O3S/c1-16-6-9-18(10-7-16)32-15-24(29)28-27-13-17-8-11-22(23(12-17)30-2)31-14-19-20(25)4-3-5-21(19)26/h3-13H,14-15H2,1-2H3,(H,28,29)/b27-13+. The molecular formula is C24H22Cl2N2O3S. The fraction of sp³-hybridized carbons (Fsp3) is 0.167. The minimum absolute atomic E-state index is 0.185. The second-order valence-electron chi connectivity index (χ2n) is 6.79. The number of aryl methyl sites for hydroxylation is 1. The summed E-state index contributed by atoms with van der Waals surface area (Å²) < 4.78 is 11.3. The van der Waals surface area contributed by atoms with Crippen LogP contribution in [0, 0.1) is 6.92 Å². The molecule has 0 heterocycles. The predicted octanol–water partition coefficient (Wildman–Crippen LogP) is 6.13. The molecule has 8 heteroatoms. The summed E-state index contributed by atoms with van der Waals surface area (Å²) in [4.78, 5) is 13.0. The Morgan fingerprint density at radius 3 is 2.47 bits per heavy atom. The number of methoxy groups -OCH3 is 1. The van der Waals surface area contributed by atoms with Crippen molar-refractivity contribution in [3.63, 3.8) is 0 Å². The normalized spacial score (nSPS) is 10.9. The Hall–Kier alpha value is -2.67. The van der Waals surface area contributed by atoms with Crippen LogP contribution in [0.1, 0.15) is 16.7 Å². The lowest BCUT2D eigenvalue weighted by molar-refractivity contribution is -0.118. The van der Waals surface area contributed by atoms with Crippen molar-refractivity contribution in [2.24, 2.45) is 5.10 Å². The summed E-state index contributed by atoms with van der Waals surface area (Å²) in [6.45, 7) is 2.23. The number of rotatable bonds is 9. The van der Waals surface area contributed by atoms with E-state index in [2.05, 4.69) is 10.5 Å². The number of carbonyl (C=O) groups is 1. The van der Waals surface area contributed by atoms with Crippen LogP contribution in [0.15, 0.2) is 70.7 Å². The largest absolute Gasteiger partial charge is 0.493 e. The number of carbonyl (C=O) groups excluding carboxylic acids is 1. The molecule has 3 aromatic rings. The molecule has 1 N–H and O–H groups in total. The molecule has 0 atom stereocenters. The van der Waals surface area contributed by atoms with Gasteiger partial charge in [0.1, 0.15) is 6.61 Å². The van der Waals surface area contributed by atoms with Gasteiger partial charge >= 0.3 is 0 Å². The van der Waals surface area contributed by atoms with E-state index in [1.54, 1.807) is 43.7 Å². The minimum Gasteiger partial charge on any atom is -0.493 e. The van der Waals surface area contributed by atoms with Crippen LogP contribution in [0.4, 0.5) is 0 Å². The van der Waals surface area contributed by atoms with Crippen molar-refractivity contribution < 1.29 is 14.3 Å². The molecule has 0 aliphatic heterocycles. The van der Waals surface area contributed by atoms with Crippen LogP contribution in [0.25, 0.3) is 0 Å². The molecule has 0 fully saturated rings. The topological polar surface area (TPSA) is 59.9 Å². The molecular weight excluding hydrogens is 467 g/mol. The van der Waals surface area contributed by atoms with Crippen LogP contribution in [0.3, 0.4) is 0 Å². The Morgan fingerprint density at radius 1 is 1.06 bits per heavy atom. The zero-order chi connectivity index (χ0) is 22.9. The molecule has 5 nitrogen and oxygen atoms in total. The van der Waals surface area contributed by atoms with Crippen molar-refractivity contribution in [2.45, 2.75) is 18.4 Å². The quantitative estimate of drug-likeness (QED) is 0.223. The number of ether oxygens (including phenoxy) is 2. The second kappa shape index (κ2) is 11.8. The number of nitrogens with zero attached hydrogens (tertiary/aromatic N) is 1. The first-order valence-electron chi connectivity index (χ1n) is 9.71. The van der Waals surface area contributed by atoms with Crippen molar-refractivity contribution in [2.75, 3.05) is 12.9 Å². The lowest BCUT2D eigenvalue weighted by Gasteiger charge is -2.13. The Labute approximate surface area is 201 Å². The van der Waals surface area contributed by atoms with Gasteiger partial charge in [-0.25, -0.2) is 5.43 Å². The summed E-state index contributed by atoms with van der Waals surface area (Å²) in [6.07, 6.45) is 1.55. The molecule has 1 amide bonds. The van der Waals surface area contributed by atoms with Gasteiger partial charge in [-0.3, -0.25) is 4.79 Å². The van der Waals surface area contributed by atoms with E-state index in [0.717, 1.165) is 10.5 Å². The molecule has 0 radical (unpaired) electrons. The van der Waals surface area contributed by atoms with Crippen LogP contribution in [0.2, 0.25) is 10.0 Å². The third-order valence-corrected chi connectivity index (χ3v) is 6.14. The molecule has 32 heavy (non-hydrogen) atoms. The van der Waals surface area contributed by atoms with Crippen molar-refractivity contribution in [1.29, 1.82) is 0 Å². The van der Waals surface area contributed by atoms with Gasteiger partial charge < -0.3 is 9.47 Å². The first-order valence-corrected chi connectivity index (χ1v) is 11.5. The SMILES string of the molecule is COc1cc(/C=N/NC(=O)CSc2ccc(C)cc2)ccc1OCc1c(Cl)cccc1Cl. The maximum atomic E-state index is 12.0. The van der Waals surface area contributed by atoms with Crippen LogP contribution in [-0.4, -0.2) is 25.0 Å². The molecule has 166 valence electrons. The summed E-state index contributed by atoms with van der Waals surface area (Å²) in [5.41, 5.74) is 5.17. The average Bonchev–Trinajstić information content (AvgIpc) is 2.79. The number of hydrogen-bond donors (Lipinski definition) is 1. The van der Waals surface area contributed by atoms with Gasteiger partial charge in [-0.05, 0) is 55.0 Å². The molecule has 0 saturated carbocycles. The van der Waals surface area contributed by atoms with Gasteiger partial charge in [0.2, 0.25) is 5.91 Å². The van der Waals surface area contributed by atoms with Gasteiger partial charge in [0.25, 0.3) is 0 Å². The van der Waals surface area contributed by atoms with Crippen LogP contribution < -0.4 is 14.9 Å². The van der Waals surface area contributed by atoms with E-state index >= 15 is 0 Å². The second-order valence-corrected chi connectivity index (χ2v) is 8.66. The molecule has 0 aliphatic carbocycles. The smallest absolute Gasteiger partial charge is 0.250 e. The molecule has 3 aromatic carbocycles. The molecule has 0 saturated heterocycles. The van der Waals surface area contributed by atoms with E-state index in [4.69, 9.17) is 32.7 Å². The lowest BCUT2D eigenvalue weighted by atomic mass is 10.2. The van der Waals surface area contributed by atoms with E-state index in [-0.39, 0.29) is 18.3 Å². The first kappa shape index (κ1) is 24.0. The Morgan fingerprint density at radius 2 is 1.78 bits per heavy atom. The highest BCUT2D eigenvalue weighted by Gasteiger charge is 2.10. The van der Waals surface area contributed by atoms with Crippen molar-refractivity contribution in [1.82, 2.24) is 5.43 Å². The maximum absolute atomic E-state index is 12.0. The Kier molecular flexibility index (Phi) is 8.85. The van der Waals surface area contributed by atoms with Gasteiger partial charge in [-0.2, -0.15) is 5.10 Å². The third-order valence-electron chi connectivity index (χ3n) is 4.42. The zero-order valence-corrected chi connectivity index (χ0v) is 19.9. The minimum atomic E-state index is -0.185. The summed E-state index contributed by atoms with van der Waals surface area (Å²) in [7, 11) is 1.55. The highest BCUT2D eigenvalue weighted by molar-refractivity contribution is 8.00. The summed E-state index contributed by atoms with van der Waals surface area (Å²) >= 11 is 13.8. The third kappa shape index (κ3) is 6.92. The number of thioether (sulfide) groups is 1.